The number of benzene rings is 2. The largest absolute Gasteiger partial charge is 0.493 e. The zero-order valence-corrected chi connectivity index (χ0v) is 16.0. The van der Waals surface area contributed by atoms with Crippen LogP contribution in [0.3, 0.4) is 0 Å². The molecule has 2 heterocycles. The Bertz CT molecular complexity index is 1130. The molecule has 2 aromatic carbocycles. The van der Waals surface area contributed by atoms with E-state index >= 15 is 0 Å². The van der Waals surface area contributed by atoms with Gasteiger partial charge in [-0.2, -0.15) is 0 Å². The minimum absolute atomic E-state index is 0.254. The summed E-state index contributed by atoms with van der Waals surface area (Å²) in [5.41, 5.74) is 2.24. The van der Waals surface area contributed by atoms with Crippen LogP contribution in [0.5, 0.6) is 11.5 Å². The summed E-state index contributed by atoms with van der Waals surface area (Å²) >= 11 is 3.08. The summed E-state index contributed by atoms with van der Waals surface area (Å²) in [6.07, 6.45) is 0. The summed E-state index contributed by atoms with van der Waals surface area (Å²) in [7, 11) is 3.09. The van der Waals surface area contributed by atoms with Crippen LogP contribution >= 0.6 is 22.7 Å². The molecule has 4 rings (SSSR count). The molecule has 0 aliphatic heterocycles. The maximum absolute atomic E-state index is 12.6. The first-order valence-corrected chi connectivity index (χ1v) is 9.42. The third kappa shape index (κ3) is 2.87. The number of methoxy groups -OCH3 is 2. The third-order valence-electron chi connectivity index (χ3n) is 3.89. The molecule has 0 spiro atoms. The molecule has 0 saturated carbocycles. The van der Waals surface area contributed by atoms with Crippen molar-refractivity contribution in [1.82, 2.24) is 9.97 Å². The molecule has 2 aromatic heterocycles. The fraction of sp³-hybridized carbons (Fsp3) is 0.167. The Morgan fingerprint density at radius 3 is 2.62 bits per heavy atom. The molecular weight excluding hydrogens is 370 g/mol. The van der Waals surface area contributed by atoms with Crippen LogP contribution in [0.2, 0.25) is 0 Å². The molecule has 0 aliphatic rings. The monoisotopic (exact) mass is 385 g/mol. The van der Waals surface area contributed by atoms with Crippen LogP contribution < -0.4 is 14.8 Å². The lowest BCUT2D eigenvalue weighted by molar-refractivity contribution is 0.102. The number of anilines is 1. The first kappa shape index (κ1) is 16.7. The number of nitrogens with one attached hydrogen (secondary N) is 1. The molecule has 6 nitrogen and oxygen atoms in total. The summed E-state index contributed by atoms with van der Waals surface area (Å²) in [6.45, 7) is 1.98. The number of amides is 1. The molecule has 4 aromatic rings. The number of nitrogens with zero attached hydrogens (tertiary/aromatic N) is 2. The molecule has 1 N–H and O–H groups in total. The van der Waals surface area contributed by atoms with Crippen molar-refractivity contribution in [3.8, 4) is 11.5 Å². The number of carbonyl (C=O) groups excluding carboxylic acids is 1. The van der Waals surface area contributed by atoms with E-state index in [9.17, 15) is 4.79 Å². The van der Waals surface area contributed by atoms with Crippen molar-refractivity contribution in [3.63, 3.8) is 0 Å². The Labute approximate surface area is 157 Å². The van der Waals surface area contributed by atoms with Gasteiger partial charge >= 0.3 is 0 Å². The second-order valence-corrected chi connectivity index (χ2v) is 7.77. The summed E-state index contributed by atoms with van der Waals surface area (Å²) in [5, 5.41) is 4.41. The lowest BCUT2D eigenvalue weighted by Gasteiger charge is -2.09. The van der Waals surface area contributed by atoms with E-state index in [0.717, 1.165) is 25.4 Å². The Morgan fingerprint density at radius 1 is 1.04 bits per heavy atom. The van der Waals surface area contributed by atoms with Crippen LogP contribution in [0.1, 0.15) is 15.4 Å². The molecule has 0 aliphatic carbocycles. The van der Waals surface area contributed by atoms with E-state index < -0.39 is 0 Å². The molecule has 132 valence electrons. The summed E-state index contributed by atoms with van der Waals surface area (Å²) < 4.78 is 12.6. The first-order valence-electron chi connectivity index (χ1n) is 7.79. The van der Waals surface area contributed by atoms with Gasteiger partial charge in [-0.25, -0.2) is 9.97 Å². The number of carbonyl (C=O) groups is 1. The third-order valence-corrected chi connectivity index (χ3v) is 5.82. The molecule has 8 heteroatoms. The zero-order chi connectivity index (χ0) is 18.3. The predicted molar refractivity (Wildman–Crippen MR) is 105 cm³/mol. The van der Waals surface area contributed by atoms with Gasteiger partial charge in [-0.15, -0.1) is 11.3 Å². The SMILES string of the molecule is COc1ccc(C(=O)Nc2nc3ccc4sc(C)nc4c3s2)cc1OC. The molecule has 1 amide bonds. The highest BCUT2D eigenvalue weighted by atomic mass is 32.1. The van der Waals surface area contributed by atoms with Crippen LogP contribution in [0.15, 0.2) is 30.3 Å². The van der Waals surface area contributed by atoms with Gasteiger partial charge in [0, 0.05) is 5.56 Å². The molecule has 0 bridgehead atoms. The maximum atomic E-state index is 12.6. The highest BCUT2D eigenvalue weighted by Gasteiger charge is 2.15. The molecular formula is C18H15N3O3S2. The molecule has 0 unspecified atom stereocenters. The molecule has 26 heavy (non-hydrogen) atoms. The van der Waals surface area contributed by atoms with E-state index in [1.54, 1.807) is 36.6 Å². The molecule has 0 saturated heterocycles. The van der Waals surface area contributed by atoms with Crippen LogP contribution in [0.25, 0.3) is 20.4 Å². The number of rotatable bonds is 4. The molecule has 0 atom stereocenters. The van der Waals surface area contributed by atoms with Gasteiger partial charge in [-0.05, 0) is 37.3 Å². The Balaban J connectivity index is 1.66. The lowest BCUT2D eigenvalue weighted by atomic mass is 10.2. The smallest absolute Gasteiger partial charge is 0.257 e. The number of aromatic nitrogens is 2. The predicted octanol–water partition coefficient (Wildman–Crippen LogP) is 4.48. The summed E-state index contributed by atoms with van der Waals surface area (Å²) in [4.78, 5) is 21.7. The first-order chi connectivity index (χ1) is 12.6. The van der Waals surface area contributed by atoms with Crippen molar-refractivity contribution in [2.45, 2.75) is 6.92 Å². The van der Waals surface area contributed by atoms with Gasteiger partial charge in [0.05, 0.1) is 34.1 Å². The molecule has 0 radical (unpaired) electrons. The second kappa shape index (κ2) is 6.54. The quantitative estimate of drug-likeness (QED) is 0.560. The number of hydrogen-bond donors (Lipinski definition) is 1. The van der Waals surface area contributed by atoms with Gasteiger partial charge in [0.25, 0.3) is 5.91 Å². The van der Waals surface area contributed by atoms with Gasteiger partial charge in [-0.1, -0.05) is 11.3 Å². The zero-order valence-electron chi connectivity index (χ0n) is 14.3. The van der Waals surface area contributed by atoms with Gasteiger partial charge in [0.1, 0.15) is 5.52 Å². The normalized spacial score (nSPS) is 11.0. The standard InChI is InChI=1S/C18H15N3O3S2/c1-9-19-15-14(25-9)7-5-11-16(15)26-18(20-11)21-17(22)10-4-6-12(23-2)13(8-10)24-3/h4-8H,1-3H3,(H,20,21,22). The average Bonchev–Trinajstić information content (AvgIpc) is 3.22. The minimum atomic E-state index is -0.254. The van der Waals surface area contributed by atoms with Crippen molar-refractivity contribution in [2.75, 3.05) is 19.5 Å². The fourth-order valence-corrected chi connectivity index (χ4v) is 4.54. The highest BCUT2D eigenvalue weighted by molar-refractivity contribution is 7.24. The minimum Gasteiger partial charge on any atom is -0.493 e. The lowest BCUT2D eigenvalue weighted by Crippen LogP contribution is -2.11. The second-order valence-electron chi connectivity index (χ2n) is 5.54. The topological polar surface area (TPSA) is 73.3 Å². The van der Waals surface area contributed by atoms with Crippen LogP contribution in [-0.2, 0) is 0 Å². The van der Waals surface area contributed by atoms with E-state index in [4.69, 9.17) is 9.47 Å². The number of hydrogen-bond acceptors (Lipinski definition) is 7. The van der Waals surface area contributed by atoms with E-state index in [2.05, 4.69) is 15.3 Å². The van der Waals surface area contributed by atoms with E-state index in [0.29, 0.717) is 22.2 Å². The van der Waals surface area contributed by atoms with Crippen molar-refractivity contribution in [3.05, 3.63) is 40.9 Å². The van der Waals surface area contributed by atoms with Crippen molar-refractivity contribution in [2.24, 2.45) is 0 Å². The van der Waals surface area contributed by atoms with Gasteiger partial charge in [0.2, 0.25) is 0 Å². The van der Waals surface area contributed by atoms with Crippen molar-refractivity contribution < 1.29 is 14.3 Å². The van der Waals surface area contributed by atoms with Gasteiger partial charge in [0.15, 0.2) is 16.6 Å². The maximum Gasteiger partial charge on any atom is 0.257 e. The van der Waals surface area contributed by atoms with Crippen LogP contribution in [0, 0.1) is 6.92 Å². The van der Waals surface area contributed by atoms with Gasteiger partial charge < -0.3 is 9.47 Å². The fourth-order valence-electron chi connectivity index (χ4n) is 2.69. The van der Waals surface area contributed by atoms with Crippen LogP contribution in [-0.4, -0.2) is 30.1 Å². The number of ether oxygens (including phenoxy) is 2. The Kier molecular flexibility index (Phi) is 4.21. The average molecular weight is 385 g/mol. The van der Waals surface area contributed by atoms with E-state index in [1.165, 1.54) is 18.4 Å². The summed E-state index contributed by atoms with van der Waals surface area (Å²) in [6, 6.07) is 9.00. The number of aryl methyl sites for hydroxylation is 1. The number of thiazole rings is 2. The molecule has 0 fully saturated rings. The van der Waals surface area contributed by atoms with E-state index in [-0.39, 0.29) is 5.91 Å². The van der Waals surface area contributed by atoms with Gasteiger partial charge in [-0.3, -0.25) is 10.1 Å². The van der Waals surface area contributed by atoms with Crippen molar-refractivity contribution in [1.29, 1.82) is 0 Å². The van der Waals surface area contributed by atoms with Crippen molar-refractivity contribution >= 4 is 54.1 Å². The number of fused-ring (bicyclic) bond motifs is 3. The Morgan fingerprint density at radius 2 is 1.85 bits per heavy atom. The summed E-state index contributed by atoms with van der Waals surface area (Å²) in [5.74, 6) is 0.824. The van der Waals surface area contributed by atoms with E-state index in [1.807, 2.05) is 19.1 Å². The van der Waals surface area contributed by atoms with Crippen LogP contribution in [0.4, 0.5) is 5.13 Å². The highest BCUT2D eigenvalue weighted by Crippen LogP contribution is 2.35. The Hall–Kier alpha value is -2.71.